The molecule has 1 aromatic rings. The lowest BCUT2D eigenvalue weighted by molar-refractivity contribution is 0.154. The van der Waals surface area contributed by atoms with Gasteiger partial charge in [-0.2, -0.15) is 0 Å². The summed E-state index contributed by atoms with van der Waals surface area (Å²) in [5.74, 6) is 0. The summed E-state index contributed by atoms with van der Waals surface area (Å²) in [5.41, 5.74) is 1.37. The third kappa shape index (κ3) is 4.09. The van der Waals surface area contributed by atoms with Crippen LogP contribution < -0.4 is 5.32 Å². The molecule has 1 fully saturated rings. The van der Waals surface area contributed by atoms with Crippen LogP contribution in [0.5, 0.6) is 0 Å². The number of hydrogen-bond acceptors (Lipinski definition) is 3. The SMILES string of the molecule is C[C@H](NCCN1CCN(C)CC1)c1ccccc1. The average molecular weight is 247 g/mol. The van der Waals surface area contributed by atoms with Gasteiger partial charge in [0.1, 0.15) is 0 Å². The maximum absolute atomic E-state index is 3.60. The van der Waals surface area contributed by atoms with Gasteiger partial charge in [0.25, 0.3) is 0 Å². The van der Waals surface area contributed by atoms with Crippen LogP contribution in [0.1, 0.15) is 18.5 Å². The largest absolute Gasteiger partial charge is 0.309 e. The van der Waals surface area contributed by atoms with Crippen molar-refractivity contribution >= 4 is 0 Å². The van der Waals surface area contributed by atoms with Gasteiger partial charge in [-0.05, 0) is 19.5 Å². The summed E-state index contributed by atoms with van der Waals surface area (Å²) in [4.78, 5) is 4.95. The molecule has 1 heterocycles. The summed E-state index contributed by atoms with van der Waals surface area (Å²) in [6, 6.07) is 11.1. The highest BCUT2D eigenvalue weighted by atomic mass is 15.2. The number of benzene rings is 1. The fourth-order valence-electron chi connectivity index (χ4n) is 2.37. The van der Waals surface area contributed by atoms with Crippen molar-refractivity contribution in [3.8, 4) is 0 Å². The molecule has 3 heteroatoms. The quantitative estimate of drug-likeness (QED) is 0.852. The Kier molecular flexibility index (Phi) is 5.17. The van der Waals surface area contributed by atoms with Crippen LogP contribution in [0.2, 0.25) is 0 Å². The summed E-state index contributed by atoms with van der Waals surface area (Å²) in [6.07, 6.45) is 0. The van der Waals surface area contributed by atoms with Gasteiger partial charge in [-0.15, -0.1) is 0 Å². The summed E-state index contributed by atoms with van der Waals surface area (Å²) in [6.45, 7) is 9.28. The highest BCUT2D eigenvalue weighted by Crippen LogP contribution is 2.10. The fraction of sp³-hybridized carbons (Fsp3) is 0.600. The Balaban J connectivity index is 1.66. The van der Waals surface area contributed by atoms with E-state index in [4.69, 9.17) is 0 Å². The van der Waals surface area contributed by atoms with Crippen molar-refractivity contribution in [1.29, 1.82) is 0 Å². The maximum atomic E-state index is 3.60. The van der Waals surface area contributed by atoms with Crippen LogP contribution in [0.3, 0.4) is 0 Å². The van der Waals surface area contributed by atoms with E-state index < -0.39 is 0 Å². The van der Waals surface area contributed by atoms with Crippen molar-refractivity contribution in [2.45, 2.75) is 13.0 Å². The lowest BCUT2D eigenvalue weighted by Crippen LogP contribution is -2.46. The third-order valence-corrected chi connectivity index (χ3v) is 3.77. The van der Waals surface area contributed by atoms with E-state index in [1.165, 1.54) is 31.7 Å². The Morgan fingerprint density at radius 2 is 1.78 bits per heavy atom. The predicted molar refractivity (Wildman–Crippen MR) is 76.8 cm³/mol. The van der Waals surface area contributed by atoms with Gasteiger partial charge in [-0.1, -0.05) is 30.3 Å². The van der Waals surface area contributed by atoms with Crippen LogP contribution in [0.25, 0.3) is 0 Å². The first kappa shape index (κ1) is 13.5. The molecule has 2 rings (SSSR count). The van der Waals surface area contributed by atoms with Gasteiger partial charge in [0, 0.05) is 45.3 Å². The Labute approximate surface area is 111 Å². The number of likely N-dealkylation sites (N-methyl/N-ethyl adjacent to an activating group) is 1. The molecule has 1 aromatic carbocycles. The summed E-state index contributed by atoms with van der Waals surface area (Å²) in [5, 5.41) is 3.60. The van der Waals surface area contributed by atoms with E-state index in [0.29, 0.717) is 6.04 Å². The lowest BCUT2D eigenvalue weighted by atomic mass is 10.1. The maximum Gasteiger partial charge on any atom is 0.0292 e. The smallest absolute Gasteiger partial charge is 0.0292 e. The van der Waals surface area contributed by atoms with Crippen LogP contribution in [0.15, 0.2) is 30.3 Å². The summed E-state index contributed by atoms with van der Waals surface area (Å²) < 4.78 is 0. The summed E-state index contributed by atoms with van der Waals surface area (Å²) in [7, 11) is 2.20. The molecule has 0 amide bonds. The predicted octanol–water partition coefficient (Wildman–Crippen LogP) is 1.58. The molecule has 1 aliphatic rings. The van der Waals surface area contributed by atoms with E-state index in [-0.39, 0.29) is 0 Å². The Bertz CT molecular complexity index is 331. The minimum absolute atomic E-state index is 0.443. The number of hydrogen-bond donors (Lipinski definition) is 1. The van der Waals surface area contributed by atoms with Gasteiger partial charge in [-0.3, -0.25) is 4.90 Å². The van der Waals surface area contributed by atoms with Crippen molar-refractivity contribution in [3.05, 3.63) is 35.9 Å². The van der Waals surface area contributed by atoms with E-state index in [0.717, 1.165) is 13.1 Å². The van der Waals surface area contributed by atoms with Gasteiger partial charge in [0.2, 0.25) is 0 Å². The molecule has 0 saturated carbocycles. The zero-order valence-electron chi connectivity index (χ0n) is 11.6. The van der Waals surface area contributed by atoms with Gasteiger partial charge in [0.05, 0.1) is 0 Å². The van der Waals surface area contributed by atoms with E-state index in [2.05, 4.69) is 59.4 Å². The molecule has 1 N–H and O–H groups in total. The third-order valence-electron chi connectivity index (χ3n) is 3.77. The summed E-state index contributed by atoms with van der Waals surface area (Å²) >= 11 is 0. The molecular weight excluding hydrogens is 222 g/mol. The highest BCUT2D eigenvalue weighted by molar-refractivity contribution is 5.17. The molecular formula is C15H25N3. The molecule has 0 unspecified atom stereocenters. The van der Waals surface area contributed by atoms with Crippen molar-refractivity contribution in [2.75, 3.05) is 46.3 Å². The van der Waals surface area contributed by atoms with Crippen LogP contribution in [0, 0.1) is 0 Å². The van der Waals surface area contributed by atoms with Crippen LogP contribution in [-0.2, 0) is 0 Å². The molecule has 0 aromatic heterocycles. The molecule has 0 radical (unpaired) electrons. The van der Waals surface area contributed by atoms with Crippen LogP contribution >= 0.6 is 0 Å². The zero-order valence-corrected chi connectivity index (χ0v) is 11.6. The standard InChI is InChI=1S/C15H25N3/c1-14(15-6-4-3-5-7-15)16-8-9-18-12-10-17(2)11-13-18/h3-7,14,16H,8-13H2,1-2H3/t14-/m0/s1. The number of rotatable bonds is 5. The van der Waals surface area contributed by atoms with Crippen molar-refractivity contribution in [3.63, 3.8) is 0 Å². The van der Waals surface area contributed by atoms with Gasteiger partial charge in [-0.25, -0.2) is 0 Å². The van der Waals surface area contributed by atoms with Gasteiger partial charge >= 0.3 is 0 Å². The zero-order chi connectivity index (χ0) is 12.8. The van der Waals surface area contributed by atoms with Gasteiger partial charge in [0.15, 0.2) is 0 Å². The van der Waals surface area contributed by atoms with E-state index in [9.17, 15) is 0 Å². The fourth-order valence-corrected chi connectivity index (χ4v) is 2.37. The molecule has 1 atom stereocenters. The highest BCUT2D eigenvalue weighted by Gasteiger charge is 2.13. The van der Waals surface area contributed by atoms with E-state index in [1.807, 2.05) is 0 Å². The normalized spacial score (nSPS) is 19.9. The first-order chi connectivity index (χ1) is 8.75. The van der Waals surface area contributed by atoms with E-state index in [1.54, 1.807) is 0 Å². The molecule has 100 valence electrons. The topological polar surface area (TPSA) is 18.5 Å². The minimum Gasteiger partial charge on any atom is -0.309 e. The van der Waals surface area contributed by atoms with Crippen molar-refractivity contribution in [2.24, 2.45) is 0 Å². The molecule has 0 bridgehead atoms. The molecule has 1 saturated heterocycles. The second-order valence-corrected chi connectivity index (χ2v) is 5.23. The molecule has 0 spiro atoms. The second kappa shape index (κ2) is 6.88. The van der Waals surface area contributed by atoms with Crippen molar-refractivity contribution < 1.29 is 0 Å². The first-order valence-corrected chi connectivity index (χ1v) is 6.95. The molecule has 1 aliphatic heterocycles. The lowest BCUT2D eigenvalue weighted by Gasteiger charge is -2.32. The monoisotopic (exact) mass is 247 g/mol. The minimum atomic E-state index is 0.443. The number of nitrogens with zero attached hydrogens (tertiary/aromatic N) is 2. The molecule has 18 heavy (non-hydrogen) atoms. The Morgan fingerprint density at radius 3 is 2.44 bits per heavy atom. The Morgan fingerprint density at radius 1 is 1.11 bits per heavy atom. The van der Waals surface area contributed by atoms with Crippen molar-refractivity contribution in [1.82, 2.24) is 15.1 Å². The van der Waals surface area contributed by atoms with Crippen LogP contribution in [0.4, 0.5) is 0 Å². The van der Waals surface area contributed by atoms with E-state index >= 15 is 0 Å². The number of piperazine rings is 1. The first-order valence-electron chi connectivity index (χ1n) is 6.95. The Hall–Kier alpha value is -0.900. The van der Waals surface area contributed by atoms with Gasteiger partial charge < -0.3 is 10.2 Å². The second-order valence-electron chi connectivity index (χ2n) is 5.23. The molecule has 0 aliphatic carbocycles. The van der Waals surface area contributed by atoms with Crippen LogP contribution in [-0.4, -0.2) is 56.1 Å². The number of nitrogens with one attached hydrogen (secondary N) is 1. The average Bonchev–Trinajstić information content (AvgIpc) is 2.42. The molecule has 3 nitrogen and oxygen atoms in total.